The monoisotopic (exact) mass is 318 g/mol. The lowest BCUT2D eigenvalue weighted by Crippen LogP contribution is -2.59. The first-order valence-electron chi connectivity index (χ1n) is 9.67. The zero-order valence-electron chi connectivity index (χ0n) is 14.5. The van der Waals surface area contributed by atoms with Gasteiger partial charge in [-0.2, -0.15) is 0 Å². The number of aliphatic carboxylic acids is 1. The maximum atomic E-state index is 12.1. The van der Waals surface area contributed by atoms with Gasteiger partial charge in [-0.05, 0) is 86.4 Å². The van der Waals surface area contributed by atoms with Gasteiger partial charge in [-0.1, -0.05) is 13.3 Å². The van der Waals surface area contributed by atoms with Crippen molar-refractivity contribution in [2.24, 2.45) is 45.3 Å². The topological polar surface area (TPSA) is 57.5 Å². The number of hydrogen-bond donors (Lipinski definition) is 2. The molecule has 0 aliphatic heterocycles. The zero-order chi connectivity index (χ0) is 16.3. The number of rotatable bonds is 2. The standard InChI is InChI=1S/C20H30O3/c1-17-5-3-6-18(2,16(22)23)14(17)4-7-19-9-13-12(8-15(17)19)20(13,10-19)11-21/h12-15,21H,3-11H2,1-2H3,(H,22,23)/t12-,13+,14+,15+,17-,18+,19+,20+/m1/s1. The molecule has 0 saturated heterocycles. The fraction of sp³-hybridized carbons (Fsp3) is 0.950. The lowest BCUT2D eigenvalue weighted by atomic mass is 9.39. The highest BCUT2D eigenvalue weighted by Crippen LogP contribution is 2.85. The van der Waals surface area contributed by atoms with E-state index < -0.39 is 11.4 Å². The van der Waals surface area contributed by atoms with Gasteiger partial charge in [0.25, 0.3) is 0 Å². The van der Waals surface area contributed by atoms with Crippen LogP contribution in [0.2, 0.25) is 0 Å². The summed E-state index contributed by atoms with van der Waals surface area (Å²) in [5.41, 5.74) is 0.403. The predicted octanol–water partition coefficient (Wildman–Crippen LogP) is 3.70. The molecule has 6 aliphatic carbocycles. The number of carboxylic acid groups (broad SMARTS) is 1. The molecule has 6 rings (SSSR count). The van der Waals surface area contributed by atoms with Crippen molar-refractivity contribution in [3.05, 3.63) is 0 Å². The van der Waals surface area contributed by atoms with Crippen LogP contribution in [0.5, 0.6) is 0 Å². The fourth-order valence-electron chi connectivity index (χ4n) is 8.90. The molecular formula is C20H30O3. The van der Waals surface area contributed by atoms with Crippen LogP contribution in [0.3, 0.4) is 0 Å². The summed E-state index contributed by atoms with van der Waals surface area (Å²) in [7, 11) is 0. The molecule has 0 aromatic carbocycles. The van der Waals surface area contributed by atoms with E-state index in [9.17, 15) is 15.0 Å². The number of aliphatic hydroxyl groups is 1. The Morgan fingerprint density at radius 2 is 1.91 bits per heavy atom. The van der Waals surface area contributed by atoms with E-state index >= 15 is 0 Å². The van der Waals surface area contributed by atoms with Crippen molar-refractivity contribution in [3.63, 3.8) is 0 Å². The maximum Gasteiger partial charge on any atom is 0.309 e. The predicted molar refractivity (Wildman–Crippen MR) is 86.7 cm³/mol. The van der Waals surface area contributed by atoms with E-state index in [1.807, 2.05) is 6.92 Å². The van der Waals surface area contributed by atoms with Crippen LogP contribution >= 0.6 is 0 Å². The summed E-state index contributed by atoms with van der Waals surface area (Å²) in [6, 6.07) is 0. The highest BCUT2D eigenvalue weighted by atomic mass is 16.4. The van der Waals surface area contributed by atoms with Gasteiger partial charge in [0.2, 0.25) is 0 Å². The molecule has 0 amide bonds. The summed E-state index contributed by atoms with van der Waals surface area (Å²) in [4.78, 5) is 12.1. The molecule has 6 fully saturated rings. The fourth-order valence-corrected chi connectivity index (χ4v) is 8.90. The Hall–Kier alpha value is -0.570. The van der Waals surface area contributed by atoms with E-state index in [2.05, 4.69) is 6.92 Å². The normalized spacial score (nSPS) is 62.4. The Kier molecular flexibility index (Phi) is 2.55. The largest absolute Gasteiger partial charge is 0.481 e. The summed E-state index contributed by atoms with van der Waals surface area (Å²) in [5, 5.41) is 19.9. The Morgan fingerprint density at radius 1 is 1.13 bits per heavy atom. The first-order valence-corrected chi connectivity index (χ1v) is 9.67. The molecule has 3 nitrogen and oxygen atoms in total. The second-order valence-electron chi connectivity index (χ2n) is 10.3. The van der Waals surface area contributed by atoms with Crippen LogP contribution in [-0.4, -0.2) is 22.8 Å². The highest BCUT2D eigenvalue weighted by molar-refractivity contribution is 5.75. The molecular weight excluding hydrogens is 288 g/mol. The molecule has 8 atom stereocenters. The maximum absolute atomic E-state index is 12.1. The minimum absolute atomic E-state index is 0.207. The zero-order valence-corrected chi connectivity index (χ0v) is 14.5. The number of fused-ring (bicyclic) bond motifs is 1. The molecule has 0 heterocycles. The van der Waals surface area contributed by atoms with Crippen molar-refractivity contribution in [3.8, 4) is 0 Å². The minimum Gasteiger partial charge on any atom is -0.481 e. The van der Waals surface area contributed by atoms with Gasteiger partial charge in [-0.15, -0.1) is 0 Å². The van der Waals surface area contributed by atoms with Crippen LogP contribution in [0.1, 0.15) is 65.2 Å². The molecule has 128 valence electrons. The smallest absolute Gasteiger partial charge is 0.309 e. The Balaban J connectivity index is 1.54. The summed E-state index contributed by atoms with van der Waals surface area (Å²) in [5.74, 6) is 2.02. The molecule has 6 saturated carbocycles. The molecule has 0 aromatic rings. The quantitative estimate of drug-likeness (QED) is 0.816. The molecule has 6 aliphatic rings. The van der Waals surface area contributed by atoms with Gasteiger partial charge in [0, 0.05) is 12.0 Å². The van der Waals surface area contributed by atoms with Gasteiger partial charge < -0.3 is 10.2 Å². The van der Waals surface area contributed by atoms with Crippen LogP contribution in [0.15, 0.2) is 0 Å². The molecule has 3 heteroatoms. The van der Waals surface area contributed by atoms with Crippen LogP contribution in [0.4, 0.5) is 0 Å². The highest BCUT2D eigenvalue weighted by Gasteiger charge is 2.80. The Bertz CT molecular complexity index is 587. The van der Waals surface area contributed by atoms with E-state index in [4.69, 9.17) is 0 Å². The van der Waals surface area contributed by atoms with Crippen molar-refractivity contribution in [2.75, 3.05) is 6.61 Å². The van der Waals surface area contributed by atoms with E-state index in [1.165, 1.54) is 32.1 Å². The molecule has 0 unspecified atom stereocenters. The number of carboxylic acids is 1. The van der Waals surface area contributed by atoms with Gasteiger partial charge in [0.1, 0.15) is 0 Å². The van der Waals surface area contributed by atoms with Crippen LogP contribution in [-0.2, 0) is 4.79 Å². The molecule has 1 spiro atoms. The van der Waals surface area contributed by atoms with E-state index in [-0.39, 0.29) is 10.8 Å². The van der Waals surface area contributed by atoms with Crippen molar-refractivity contribution in [1.82, 2.24) is 0 Å². The summed E-state index contributed by atoms with van der Waals surface area (Å²) >= 11 is 0. The SMILES string of the molecule is C[C@@]12CCC[C@](C)(C(=O)O)[C@H]1CC[C@@]13C[C@H]4[C@@H](C[C@H]12)[C@@]4(CO)C3. The lowest BCUT2D eigenvalue weighted by Gasteiger charge is -2.65. The first-order chi connectivity index (χ1) is 10.8. The van der Waals surface area contributed by atoms with Crippen molar-refractivity contribution < 1.29 is 15.0 Å². The third kappa shape index (κ3) is 1.42. The molecule has 23 heavy (non-hydrogen) atoms. The van der Waals surface area contributed by atoms with Crippen LogP contribution < -0.4 is 0 Å². The van der Waals surface area contributed by atoms with Crippen molar-refractivity contribution in [1.29, 1.82) is 0 Å². The Labute approximate surface area is 138 Å². The summed E-state index contributed by atoms with van der Waals surface area (Å²) < 4.78 is 0. The van der Waals surface area contributed by atoms with Gasteiger partial charge in [-0.3, -0.25) is 4.79 Å². The van der Waals surface area contributed by atoms with Crippen LogP contribution in [0.25, 0.3) is 0 Å². The van der Waals surface area contributed by atoms with Gasteiger partial charge in [-0.25, -0.2) is 0 Å². The molecule has 0 aromatic heterocycles. The van der Waals surface area contributed by atoms with Crippen molar-refractivity contribution in [2.45, 2.75) is 65.2 Å². The number of aliphatic hydroxyl groups excluding tert-OH is 1. The molecule has 2 N–H and O–H groups in total. The molecule has 0 radical (unpaired) electrons. The van der Waals surface area contributed by atoms with E-state index in [0.29, 0.717) is 23.9 Å². The number of carbonyl (C=O) groups is 1. The summed E-state index contributed by atoms with van der Waals surface area (Å²) in [6.45, 7) is 4.85. The molecule has 4 bridgehead atoms. The number of hydrogen-bond acceptors (Lipinski definition) is 2. The third-order valence-electron chi connectivity index (χ3n) is 9.88. The second kappa shape index (κ2) is 3.98. The van der Waals surface area contributed by atoms with Crippen LogP contribution in [0, 0.1) is 45.3 Å². The summed E-state index contributed by atoms with van der Waals surface area (Å²) in [6.07, 6.45) is 9.29. The Morgan fingerprint density at radius 3 is 2.57 bits per heavy atom. The van der Waals surface area contributed by atoms with Crippen molar-refractivity contribution >= 4 is 5.97 Å². The van der Waals surface area contributed by atoms with Gasteiger partial charge in [0.15, 0.2) is 0 Å². The minimum atomic E-state index is -0.567. The van der Waals surface area contributed by atoms with Gasteiger partial charge >= 0.3 is 5.97 Å². The second-order valence-corrected chi connectivity index (χ2v) is 10.3. The van der Waals surface area contributed by atoms with Gasteiger partial charge in [0.05, 0.1) is 5.41 Å². The third-order valence-corrected chi connectivity index (χ3v) is 9.88. The average molecular weight is 318 g/mol. The lowest BCUT2D eigenvalue weighted by molar-refractivity contribution is -0.187. The van der Waals surface area contributed by atoms with E-state index in [0.717, 1.165) is 31.1 Å². The van der Waals surface area contributed by atoms with E-state index in [1.54, 1.807) is 0 Å². The first kappa shape index (κ1) is 14.7. The average Bonchev–Trinajstić information content (AvgIpc) is 3.01.